The molecule has 104 valence electrons. The molecule has 3 aliphatic rings. The number of ether oxygens (including phenoxy) is 1. The maximum absolute atomic E-state index is 6.02. The Morgan fingerprint density at radius 1 is 1.11 bits per heavy atom. The molecule has 18 heavy (non-hydrogen) atoms. The minimum atomic E-state index is 0.394. The molecule has 0 radical (unpaired) electrons. The number of nitrogens with two attached hydrogens (primary N) is 1. The summed E-state index contributed by atoms with van der Waals surface area (Å²) in [4.78, 5) is 5.30. The summed E-state index contributed by atoms with van der Waals surface area (Å²) in [7, 11) is 0. The van der Waals surface area contributed by atoms with Crippen LogP contribution in [0.1, 0.15) is 32.1 Å². The number of rotatable bonds is 3. The standard InChI is InChI=1S/C14H27N3O/c15-10-13(14-5-3-9-18-14)17-8-7-16-6-2-1-4-12(16)11-17/h12-14H,1-11,15H2. The fraction of sp³-hybridized carbons (Fsp3) is 1.00. The zero-order valence-electron chi connectivity index (χ0n) is 11.4. The van der Waals surface area contributed by atoms with Crippen molar-refractivity contribution in [2.75, 3.05) is 39.3 Å². The number of nitrogens with zero attached hydrogens (tertiary/aromatic N) is 2. The van der Waals surface area contributed by atoms with E-state index in [0.717, 1.165) is 19.2 Å². The fourth-order valence-corrected chi connectivity index (χ4v) is 3.92. The van der Waals surface area contributed by atoms with Crippen molar-refractivity contribution in [3.63, 3.8) is 0 Å². The van der Waals surface area contributed by atoms with Crippen LogP contribution in [-0.2, 0) is 4.74 Å². The highest BCUT2D eigenvalue weighted by Crippen LogP contribution is 2.25. The molecule has 0 bridgehead atoms. The van der Waals surface area contributed by atoms with Crippen molar-refractivity contribution in [3.8, 4) is 0 Å². The van der Waals surface area contributed by atoms with Gasteiger partial charge in [0, 0.05) is 44.9 Å². The van der Waals surface area contributed by atoms with Gasteiger partial charge in [-0.1, -0.05) is 6.42 Å². The Hall–Kier alpha value is -0.160. The predicted octanol–water partition coefficient (Wildman–Crippen LogP) is 0.663. The second-order valence-corrected chi connectivity index (χ2v) is 6.04. The molecule has 0 aromatic rings. The molecule has 4 heteroatoms. The van der Waals surface area contributed by atoms with Crippen molar-refractivity contribution >= 4 is 0 Å². The highest BCUT2D eigenvalue weighted by molar-refractivity contribution is 4.91. The van der Waals surface area contributed by atoms with Crippen molar-refractivity contribution in [1.29, 1.82) is 0 Å². The Morgan fingerprint density at radius 2 is 2.06 bits per heavy atom. The first-order chi connectivity index (χ1) is 8.88. The van der Waals surface area contributed by atoms with Gasteiger partial charge in [0.25, 0.3) is 0 Å². The van der Waals surface area contributed by atoms with Gasteiger partial charge < -0.3 is 10.5 Å². The second-order valence-electron chi connectivity index (χ2n) is 6.04. The van der Waals surface area contributed by atoms with Crippen LogP contribution in [0.25, 0.3) is 0 Å². The molecule has 3 unspecified atom stereocenters. The summed E-state index contributed by atoms with van der Waals surface area (Å²) in [5.74, 6) is 0. The van der Waals surface area contributed by atoms with E-state index >= 15 is 0 Å². The zero-order valence-corrected chi connectivity index (χ0v) is 11.4. The summed E-state index contributed by atoms with van der Waals surface area (Å²) in [6.07, 6.45) is 6.98. The minimum absolute atomic E-state index is 0.394. The zero-order chi connectivity index (χ0) is 12.4. The van der Waals surface area contributed by atoms with Crippen LogP contribution < -0.4 is 5.73 Å². The summed E-state index contributed by atoms with van der Waals surface area (Å²) < 4.78 is 5.86. The largest absolute Gasteiger partial charge is 0.377 e. The van der Waals surface area contributed by atoms with E-state index in [2.05, 4.69) is 9.80 Å². The molecule has 3 rings (SSSR count). The number of hydrogen-bond donors (Lipinski definition) is 1. The van der Waals surface area contributed by atoms with E-state index in [1.807, 2.05) is 0 Å². The van der Waals surface area contributed by atoms with E-state index < -0.39 is 0 Å². The van der Waals surface area contributed by atoms with Crippen LogP contribution in [0.4, 0.5) is 0 Å². The Bertz CT molecular complexity index is 268. The normalized spacial score (nSPS) is 36.5. The smallest absolute Gasteiger partial charge is 0.0743 e. The molecular formula is C14H27N3O. The molecule has 2 N–H and O–H groups in total. The van der Waals surface area contributed by atoms with Crippen LogP contribution in [0.5, 0.6) is 0 Å². The van der Waals surface area contributed by atoms with Crippen LogP contribution in [0.3, 0.4) is 0 Å². The molecule has 3 atom stereocenters. The number of fused-ring (bicyclic) bond motifs is 1. The van der Waals surface area contributed by atoms with Gasteiger partial charge in [-0.15, -0.1) is 0 Å². The van der Waals surface area contributed by atoms with E-state index in [4.69, 9.17) is 10.5 Å². The molecule has 0 aromatic heterocycles. The van der Waals surface area contributed by atoms with Crippen molar-refractivity contribution < 1.29 is 4.74 Å². The van der Waals surface area contributed by atoms with E-state index in [-0.39, 0.29) is 0 Å². The topological polar surface area (TPSA) is 41.7 Å². The molecule has 0 spiro atoms. The molecular weight excluding hydrogens is 226 g/mol. The summed E-state index contributed by atoms with van der Waals surface area (Å²) in [5, 5.41) is 0. The molecule has 3 aliphatic heterocycles. The maximum Gasteiger partial charge on any atom is 0.0743 e. The van der Waals surface area contributed by atoms with Crippen LogP contribution in [0, 0.1) is 0 Å². The monoisotopic (exact) mass is 253 g/mol. The highest BCUT2D eigenvalue weighted by Gasteiger charge is 2.35. The Kier molecular flexibility index (Phi) is 4.19. The summed E-state index contributed by atoms with van der Waals surface area (Å²) >= 11 is 0. The number of piperidine rings is 1. The van der Waals surface area contributed by atoms with Crippen molar-refractivity contribution in [1.82, 2.24) is 9.80 Å². The van der Waals surface area contributed by atoms with Crippen LogP contribution in [0.15, 0.2) is 0 Å². The predicted molar refractivity (Wildman–Crippen MR) is 72.6 cm³/mol. The third kappa shape index (κ3) is 2.57. The SMILES string of the molecule is NCC(C1CCCO1)N1CCN2CCCCC2C1. The van der Waals surface area contributed by atoms with Gasteiger partial charge in [0.05, 0.1) is 6.10 Å². The quantitative estimate of drug-likeness (QED) is 0.802. The lowest BCUT2D eigenvalue weighted by molar-refractivity contribution is -0.0208. The molecule has 0 amide bonds. The molecule has 0 aliphatic carbocycles. The molecule has 3 heterocycles. The fourth-order valence-electron chi connectivity index (χ4n) is 3.92. The highest BCUT2D eigenvalue weighted by atomic mass is 16.5. The van der Waals surface area contributed by atoms with Gasteiger partial charge in [-0.2, -0.15) is 0 Å². The molecule has 3 fully saturated rings. The average Bonchev–Trinajstić information content (AvgIpc) is 2.93. The molecule has 0 aromatic carbocycles. The Morgan fingerprint density at radius 3 is 2.83 bits per heavy atom. The molecule has 3 saturated heterocycles. The lowest BCUT2D eigenvalue weighted by Gasteiger charge is -2.47. The van der Waals surface area contributed by atoms with Crippen molar-refractivity contribution in [3.05, 3.63) is 0 Å². The first-order valence-electron chi connectivity index (χ1n) is 7.68. The van der Waals surface area contributed by atoms with Gasteiger partial charge in [-0.25, -0.2) is 0 Å². The third-order valence-corrected chi connectivity index (χ3v) is 4.97. The van der Waals surface area contributed by atoms with Gasteiger partial charge >= 0.3 is 0 Å². The van der Waals surface area contributed by atoms with Crippen molar-refractivity contribution in [2.45, 2.75) is 50.3 Å². The van der Waals surface area contributed by atoms with Gasteiger partial charge in [0.1, 0.15) is 0 Å². The second kappa shape index (κ2) is 5.87. The van der Waals surface area contributed by atoms with Gasteiger partial charge in [0.15, 0.2) is 0 Å². The number of piperazine rings is 1. The van der Waals surface area contributed by atoms with Gasteiger partial charge in [-0.3, -0.25) is 9.80 Å². The van der Waals surface area contributed by atoms with E-state index in [9.17, 15) is 0 Å². The van der Waals surface area contributed by atoms with Gasteiger partial charge in [-0.05, 0) is 32.2 Å². The lowest BCUT2D eigenvalue weighted by atomic mass is 9.97. The lowest BCUT2D eigenvalue weighted by Crippen LogP contribution is -2.60. The Balaban J connectivity index is 1.61. The van der Waals surface area contributed by atoms with E-state index in [1.54, 1.807) is 0 Å². The third-order valence-electron chi connectivity index (χ3n) is 4.97. The minimum Gasteiger partial charge on any atom is -0.377 e. The van der Waals surface area contributed by atoms with E-state index in [1.165, 1.54) is 58.3 Å². The summed E-state index contributed by atoms with van der Waals surface area (Å²) in [5.41, 5.74) is 6.02. The average molecular weight is 253 g/mol. The summed E-state index contributed by atoms with van der Waals surface area (Å²) in [6, 6.07) is 1.24. The van der Waals surface area contributed by atoms with E-state index in [0.29, 0.717) is 12.1 Å². The van der Waals surface area contributed by atoms with Crippen LogP contribution in [0.2, 0.25) is 0 Å². The molecule has 0 saturated carbocycles. The first-order valence-corrected chi connectivity index (χ1v) is 7.68. The van der Waals surface area contributed by atoms with Crippen LogP contribution in [-0.4, -0.2) is 67.3 Å². The number of hydrogen-bond acceptors (Lipinski definition) is 4. The summed E-state index contributed by atoms with van der Waals surface area (Å²) in [6.45, 7) is 6.61. The maximum atomic E-state index is 6.02. The Labute approximate surface area is 110 Å². The van der Waals surface area contributed by atoms with Gasteiger partial charge in [0.2, 0.25) is 0 Å². The first kappa shape index (κ1) is 12.9. The van der Waals surface area contributed by atoms with Crippen molar-refractivity contribution in [2.24, 2.45) is 5.73 Å². The van der Waals surface area contributed by atoms with Crippen LogP contribution >= 0.6 is 0 Å². The molecule has 4 nitrogen and oxygen atoms in total.